The van der Waals surface area contributed by atoms with Crippen LogP contribution in [0.2, 0.25) is 0 Å². The number of aryl methyl sites for hydroxylation is 2. The lowest BCUT2D eigenvalue weighted by Gasteiger charge is -2.23. The summed E-state index contributed by atoms with van der Waals surface area (Å²) in [6.07, 6.45) is 10.4. The lowest BCUT2D eigenvalue weighted by molar-refractivity contribution is -0.119. The van der Waals surface area contributed by atoms with Crippen LogP contribution in [-0.2, 0) is 17.6 Å². The second-order valence-electron chi connectivity index (χ2n) is 7.27. The number of thiophene rings is 1. The zero-order valence-corrected chi connectivity index (χ0v) is 17.0. The molecule has 0 unspecified atom stereocenters. The topological polar surface area (TPSA) is 84.0 Å². The van der Waals surface area contributed by atoms with Gasteiger partial charge in [0.15, 0.2) is 0 Å². The predicted octanol–water partition coefficient (Wildman–Crippen LogP) is 3.82. The van der Waals surface area contributed by atoms with Crippen molar-refractivity contribution in [1.29, 1.82) is 0 Å². The maximum atomic E-state index is 12.5. The Bertz CT molecular complexity index is 861. The smallest absolute Gasteiger partial charge is 0.321 e. The molecule has 144 valence electrons. The summed E-state index contributed by atoms with van der Waals surface area (Å²) in [5, 5.41) is 6.95. The highest BCUT2D eigenvalue weighted by Crippen LogP contribution is 2.40. The molecule has 1 atom stereocenters. The van der Waals surface area contributed by atoms with Crippen LogP contribution in [0, 0.1) is 0 Å². The van der Waals surface area contributed by atoms with Gasteiger partial charge in [-0.25, -0.2) is 14.8 Å². The van der Waals surface area contributed by atoms with Crippen LogP contribution in [0.15, 0.2) is 11.4 Å². The van der Waals surface area contributed by atoms with E-state index in [0.717, 1.165) is 53.8 Å². The highest BCUT2D eigenvalue weighted by molar-refractivity contribution is 8.00. The number of rotatable bonds is 4. The van der Waals surface area contributed by atoms with E-state index in [1.54, 1.807) is 17.7 Å². The first-order valence-electron chi connectivity index (χ1n) is 9.65. The predicted molar refractivity (Wildman–Crippen MR) is 108 cm³/mol. The molecule has 8 heteroatoms. The van der Waals surface area contributed by atoms with Crippen molar-refractivity contribution in [3.63, 3.8) is 0 Å². The number of thioether (sulfide) groups is 1. The third kappa shape index (κ3) is 4.11. The van der Waals surface area contributed by atoms with Gasteiger partial charge in [-0.05, 0) is 44.6 Å². The third-order valence-electron chi connectivity index (χ3n) is 5.30. The van der Waals surface area contributed by atoms with Crippen LogP contribution >= 0.6 is 23.1 Å². The van der Waals surface area contributed by atoms with Crippen molar-refractivity contribution < 1.29 is 9.59 Å². The SMILES string of the molecule is C[C@@H](Sc1ncnc2sc3c(c12)CCC3)C(=O)NC(=O)NC1CCCCC1. The van der Waals surface area contributed by atoms with Gasteiger partial charge in [0.1, 0.15) is 16.2 Å². The normalized spacial score (nSPS) is 18.3. The zero-order chi connectivity index (χ0) is 18.8. The van der Waals surface area contributed by atoms with E-state index in [1.807, 2.05) is 6.92 Å². The molecular weight excluding hydrogens is 380 g/mol. The van der Waals surface area contributed by atoms with E-state index in [4.69, 9.17) is 0 Å². The summed E-state index contributed by atoms with van der Waals surface area (Å²) >= 11 is 3.14. The Morgan fingerprint density at radius 2 is 2.00 bits per heavy atom. The van der Waals surface area contributed by atoms with Gasteiger partial charge < -0.3 is 5.32 Å². The molecule has 2 aliphatic rings. The van der Waals surface area contributed by atoms with Gasteiger partial charge in [-0.3, -0.25) is 10.1 Å². The zero-order valence-electron chi connectivity index (χ0n) is 15.4. The molecule has 0 radical (unpaired) electrons. The Balaban J connectivity index is 1.40. The van der Waals surface area contributed by atoms with Crippen molar-refractivity contribution in [2.45, 2.75) is 74.6 Å². The molecule has 2 N–H and O–H groups in total. The van der Waals surface area contributed by atoms with Gasteiger partial charge in [0, 0.05) is 16.3 Å². The van der Waals surface area contributed by atoms with Crippen molar-refractivity contribution in [3.05, 3.63) is 16.8 Å². The standard InChI is InChI=1S/C19H24N4O2S2/c1-11(16(24)23-19(25)22-12-6-3-2-4-7-12)26-17-15-13-8-5-9-14(13)27-18(15)21-10-20-17/h10-12H,2-9H2,1H3,(H2,22,23,24,25)/t11-/m1/s1. The van der Waals surface area contributed by atoms with E-state index in [1.165, 1.54) is 35.0 Å². The first-order chi connectivity index (χ1) is 13.1. The number of amides is 3. The van der Waals surface area contributed by atoms with Crippen LogP contribution in [0.3, 0.4) is 0 Å². The van der Waals surface area contributed by atoms with Crippen molar-refractivity contribution in [2.24, 2.45) is 0 Å². The molecule has 0 aromatic carbocycles. The van der Waals surface area contributed by atoms with Crippen LogP contribution in [-0.4, -0.2) is 33.2 Å². The molecule has 2 aromatic heterocycles. The second kappa shape index (κ2) is 8.14. The number of nitrogens with one attached hydrogen (secondary N) is 2. The molecule has 0 bridgehead atoms. The van der Waals surface area contributed by atoms with Crippen molar-refractivity contribution >= 4 is 45.3 Å². The molecule has 2 aromatic rings. The number of nitrogens with zero attached hydrogens (tertiary/aromatic N) is 2. The van der Waals surface area contributed by atoms with Gasteiger partial charge in [-0.2, -0.15) is 0 Å². The largest absolute Gasteiger partial charge is 0.335 e. The Morgan fingerprint density at radius 3 is 2.81 bits per heavy atom. The number of fused-ring (bicyclic) bond motifs is 3. The fourth-order valence-corrected chi connectivity index (χ4v) is 6.13. The Kier molecular flexibility index (Phi) is 5.63. The minimum Gasteiger partial charge on any atom is -0.335 e. The summed E-state index contributed by atoms with van der Waals surface area (Å²) in [7, 11) is 0. The first kappa shape index (κ1) is 18.7. The highest BCUT2D eigenvalue weighted by atomic mass is 32.2. The summed E-state index contributed by atoms with van der Waals surface area (Å²) in [5.74, 6) is -0.285. The fraction of sp³-hybridized carbons (Fsp3) is 0.579. The van der Waals surface area contributed by atoms with Crippen LogP contribution in [0.1, 0.15) is 55.9 Å². The summed E-state index contributed by atoms with van der Waals surface area (Å²) in [5.41, 5.74) is 1.35. The number of carbonyl (C=O) groups excluding carboxylic acids is 2. The molecule has 3 amide bonds. The van der Waals surface area contributed by atoms with Gasteiger partial charge in [0.25, 0.3) is 0 Å². The number of aromatic nitrogens is 2. The van der Waals surface area contributed by atoms with Crippen LogP contribution in [0.4, 0.5) is 4.79 Å². The number of hydrogen-bond acceptors (Lipinski definition) is 6. The highest BCUT2D eigenvalue weighted by Gasteiger charge is 2.25. The maximum Gasteiger partial charge on any atom is 0.321 e. The van der Waals surface area contributed by atoms with E-state index in [-0.39, 0.29) is 18.0 Å². The molecule has 0 aliphatic heterocycles. The van der Waals surface area contributed by atoms with E-state index in [0.29, 0.717) is 0 Å². The van der Waals surface area contributed by atoms with E-state index in [2.05, 4.69) is 20.6 Å². The van der Waals surface area contributed by atoms with Gasteiger partial charge in [0.2, 0.25) is 5.91 Å². The van der Waals surface area contributed by atoms with E-state index < -0.39 is 5.25 Å². The van der Waals surface area contributed by atoms with Gasteiger partial charge in [-0.1, -0.05) is 31.0 Å². The molecule has 1 fully saturated rings. The van der Waals surface area contributed by atoms with Gasteiger partial charge >= 0.3 is 6.03 Å². The average Bonchev–Trinajstić information content (AvgIpc) is 3.23. The molecule has 27 heavy (non-hydrogen) atoms. The summed E-state index contributed by atoms with van der Waals surface area (Å²) in [6.45, 7) is 1.81. The average molecular weight is 405 g/mol. The Morgan fingerprint density at radius 1 is 1.19 bits per heavy atom. The van der Waals surface area contributed by atoms with Gasteiger partial charge in [0.05, 0.1) is 5.25 Å². The van der Waals surface area contributed by atoms with Crippen LogP contribution in [0.25, 0.3) is 10.2 Å². The summed E-state index contributed by atoms with van der Waals surface area (Å²) in [4.78, 5) is 35.8. The molecule has 6 nitrogen and oxygen atoms in total. The molecule has 2 heterocycles. The lowest BCUT2D eigenvalue weighted by atomic mass is 9.96. The van der Waals surface area contributed by atoms with Gasteiger partial charge in [-0.15, -0.1) is 11.3 Å². The maximum absolute atomic E-state index is 12.5. The minimum absolute atomic E-state index is 0.185. The molecule has 0 saturated heterocycles. The number of imide groups is 1. The molecule has 1 saturated carbocycles. The molecule has 0 spiro atoms. The molecule has 4 rings (SSSR count). The van der Waals surface area contributed by atoms with Crippen molar-refractivity contribution in [3.8, 4) is 0 Å². The second-order valence-corrected chi connectivity index (χ2v) is 9.69. The Hall–Kier alpha value is -1.67. The quantitative estimate of drug-likeness (QED) is 0.598. The van der Waals surface area contributed by atoms with Crippen molar-refractivity contribution in [2.75, 3.05) is 0 Å². The summed E-state index contributed by atoms with van der Waals surface area (Å²) < 4.78 is 0. The fourth-order valence-electron chi connectivity index (χ4n) is 3.89. The lowest BCUT2D eigenvalue weighted by Crippen LogP contribution is -2.47. The Labute approximate surface area is 166 Å². The first-order valence-corrected chi connectivity index (χ1v) is 11.3. The monoisotopic (exact) mass is 404 g/mol. The minimum atomic E-state index is -0.405. The van der Waals surface area contributed by atoms with Crippen molar-refractivity contribution in [1.82, 2.24) is 20.6 Å². The van der Waals surface area contributed by atoms with E-state index >= 15 is 0 Å². The van der Waals surface area contributed by atoms with Crippen LogP contribution in [0.5, 0.6) is 0 Å². The number of urea groups is 1. The number of carbonyl (C=O) groups is 2. The molecule has 2 aliphatic carbocycles. The molecular formula is C19H24N4O2S2. The summed E-state index contributed by atoms with van der Waals surface area (Å²) in [6, 6.07) is -0.201. The number of hydrogen-bond donors (Lipinski definition) is 2. The van der Waals surface area contributed by atoms with Crippen LogP contribution < -0.4 is 10.6 Å². The third-order valence-corrected chi connectivity index (χ3v) is 7.60. The van der Waals surface area contributed by atoms with E-state index in [9.17, 15) is 9.59 Å².